The Morgan fingerprint density at radius 1 is 0.373 bits per heavy atom. The molecule has 10 aromatic rings. The Balaban J connectivity index is 1.16. The van der Waals surface area contributed by atoms with Crippen LogP contribution in [0.5, 0.6) is 0 Å². The molecule has 0 saturated carbocycles. The van der Waals surface area contributed by atoms with Crippen molar-refractivity contribution in [1.29, 1.82) is 0 Å². The molecular weight excluding hydrogens is 715 g/mol. The molecule has 1 aliphatic carbocycles. The lowest BCUT2D eigenvalue weighted by atomic mass is 9.82. The van der Waals surface area contributed by atoms with Gasteiger partial charge < -0.3 is 9.32 Å². The number of nitrogens with zero attached hydrogens (tertiary/aromatic N) is 1. The Bertz CT molecular complexity index is 3170. The zero-order valence-corrected chi connectivity index (χ0v) is 33.1. The molecule has 0 radical (unpaired) electrons. The highest BCUT2D eigenvalue weighted by Crippen LogP contribution is 2.52. The van der Waals surface area contributed by atoms with E-state index in [4.69, 9.17) is 4.42 Å². The molecule has 1 aromatic heterocycles. The van der Waals surface area contributed by atoms with Gasteiger partial charge in [-0.05, 0) is 110 Å². The summed E-state index contributed by atoms with van der Waals surface area (Å²) < 4.78 is 6.56. The molecule has 0 bridgehead atoms. The average Bonchev–Trinajstić information content (AvgIpc) is 3.79. The van der Waals surface area contributed by atoms with Crippen molar-refractivity contribution in [3.63, 3.8) is 0 Å². The van der Waals surface area contributed by atoms with Crippen molar-refractivity contribution < 1.29 is 4.42 Å². The van der Waals surface area contributed by atoms with Crippen LogP contribution in [0.2, 0.25) is 0 Å². The second-order valence-corrected chi connectivity index (χ2v) is 16.1. The first-order valence-electron chi connectivity index (χ1n) is 20.4. The summed E-state index contributed by atoms with van der Waals surface area (Å²) in [7, 11) is 0. The average molecular weight is 756 g/mol. The lowest BCUT2D eigenvalue weighted by molar-refractivity contribution is 0.660. The van der Waals surface area contributed by atoms with Crippen molar-refractivity contribution >= 4 is 39.0 Å². The van der Waals surface area contributed by atoms with Crippen LogP contribution in [0.15, 0.2) is 217 Å². The molecule has 0 saturated heterocycles. The molecule has 0 aliphatic heterocycles. The SMILES string of the molecule is CC1(C)c2ccccc2-c2ccc(N(c3ccc(-c4ccccc4)cc3)c3ccccc3-c3ccc4oc5ccccc5c4c3-c3cccc(-c4ccccc4)c3)cc21. The molecule has 0 spiro atoms. The Morgan fingerprint density at radius 2 is 0.949 bits per heavy atom. The maximum absolute atomic E-state index is 6.56. The van der Waals surface area contributed by atoms with Gasteiger partial charge >= 0.3 is 0 Å². The number of hydrogen-bond acceptors (Lipinski definition) is 2. The third-order valence-corrected chi connectivity index (χ3v) is 12.3. The van der Waals surface area contributed by atoms with Crippen molar-refractivity contribution in [3.05, 3.63) is 223 Å². The first-order valence-corrected chi connectivity index (χ1v) is 20.4. The van der Waals surface area contributed by atoms with Crippen LogP contribution in [0.4, 0.5) is 17.1 Å². The summed E-state index contributed by atoms with van der Waals surface area (Å²) in [6.07, 6.45) is 0. The van der Waals surface area contributed by atoms with Crippen molar-refractivity contribution in [2.45, 2.75) is 19.3 Å². The van der Waals surface area contributed by atoms with Gasteiger partial charge in [-0.3, -0.25) is 0 Å². The van der Waals surface area contributed by atoms with E-state index in [1.807, 2.05) is 6.07 Å². The van der Waals surface area contributed by atoms with Crippen LogP contribution in [-0.2, 0) is 5.41 Å². The highest BCUT2D eigenvalue weighted by Gasteiger charge is 2.36. The fourth-order valence-corrected chi connectivity index (χ4v) is 9.41. The maximum atomic E-state index is 6.56. The van der Waals surface area contributed by atoms with E-state index in [-0.39, 0.29) is 5.41 Å². The summed E-state index contributed by atoms with van der Waals surface area (Å²) in [6.45, 7) is 4.71. The van der Waals surface area contributed by atoms with Gasteiger partial charge in [-0.2, -0.15) is 0 Å². The molecule has 2 nitrogen and oxygen atoms in total. The van der Waals surface area contributed by atoms with E-state index in [2.05, 4.69) is 225 Å². The third-order valence-electron chi connectivity index (χ3n) is 12.3. The second kappa shape index (κ2) is 13.9. The van der Waals surface area contributed by atoms with Crippen LogP contribution >= 0.6 is 0 Å². The molecule has 59 heavy (non-hydrogen) atoms. The summed E-state index contributed by atoms with van der Waals surface area (Å²) in [4.78, 5) is 2.45. The molecule has 0 fully saturated rings. The predicted octanol–water partition coefficient (Wildman–Crippen LogP) is 16.0. The zero-order valence-electron chi connectivity index (χ0n) is 33.1. The van der Waals surface area contributed by atoms with Crippen molar-refractivity contribution in [2.24, 2.45) is 0 Å². The van der Waals surface area contributed by atoms with Gasteiger partial charge in [0.1, 0.15) is 11.2 Å². The highest BCUT2D eigenvalue weighted by molar-refractivity contribution is 6.16. The number of anilines is 3. The van der Waals surface area contributed by atoms with E-state index >= 15 is 0 Å². The molecule has 2 heteroatoms. The standard InChI is InChI=1S/C57H41NO/c1-57(2)50-25-12-9-22-45(50)46-33-32-44(37-51(46)57)58(43-30-28-40(29-31-43)38-16-5-3-6-17-38)52-26-13-10-23-47(52)48-34-35-54-56(49-24-11-14-27-53(49)59-54)55(48)42-21-15-20-41(36-42)39-18-7-4-8-19-39/h3-37H,1-2H3. The first kappa shape index (κ1) is 34.8. The smallest absolute Gasteiger partial charge is 0.136 e. The van der Waals surface area contributed by atoms with Gasteiger partial charge in [0.2, 0.25) is 0 Å². The Labute approximate surface area is 345 Å². The largest absolute Gasteiger partial charge is 0.456 e. The van der Waals surface area contributed by atoms with E-state index in [1.54, 1.807) is 0 Å². The van der Waals surface area contributed by atoms with Crippen molar-refractivity contribution in [2.75, 3.05) is 4.90 Å². The molecular formula is C57H41NO. The summed E-state index contributed by atoms with van der Waals surface area (Å²) in [5.74, 6) is 0. The minimum absolute atomic E-state index is 0.144. The van der Waals surface area contributed by atoms with Crippen LogP contribution in [0.1, 0.15) is 25.0 Å². The summed E-state index contributed by atoms with van der Waals surface area (Å²) in [5.41, 5.74) is 19.6. The topological polar surface area (TPSA) is 16.4 Å². The molecule has 280 valence electrons. The van der Waals surface area contributed by atoms with Gasteiger partial charge in [0.05, 0.1) is 5.69 Å². The highest BCUT2D eigenvalue weighted by atomic mass is 16.3. The fourth-order valence-electron chi connectivity index (χ4n) is 9.41. The number of rotatable bonds is 7. The normalized spacial score (nSPS) is 12.7. The molecule has 0 unspecified atom stereocenters. The van der Waals surface area contributed by atoms with E-state index in [0.29, 0.717) is 0 Å². The van der Waals surface area contributed by atoms with Crippen molar-refractivity contribution in [1.82, 2.24) is 0 Å². The number of fused-ring (bicyclic) bond motifs is 6. The minimum atomic E-state index is -0.144. The summed E-state index contributed by atoms with van der Waals surface area (Å²) >= 11 is 0. The van der Waals surface area contributed by atoms with Crippen molar-refractivity contribution in [3.8, 4) is 55.6 Å². The van der Waals surface area contributed by atoms with E-state index < -0.39 is 0 Å². The van der Waals surface area contributed by atoms with Crippen LogP contribution < -0.4 is 4.90 Å². The number of benzene rings is 9. The minimum Gasteiger partial charge on any atom is -0.456 e. The molecule has 0 amide bonds. The quantitative estimate of drug-likeness (QED) is 0.161. The Kier molecular flexibility index (Phi) is 8.20. The molecule has 1 heterocycles. The van der Waals surface area contributed by atoms with E-state index in [9.17, 15) is 0 Å². The monoisotopic (exact) mass is 755 g/mol. The van der Waals surface area contributed by atoms with Crippen LogP contribution in [0.25, 0.3) is 77.6 Å². The zero-order chi connectivity index (χ0) is 39.5. The molecule has 0 N–H and O–H groups in total. The van der Waals surface area contributed by atoms with Gasteiger partial charge in [0.15, 0.2) is 0 Å². The van der Waals surface area contributed by atoms with Gasteiger partial charge in [-0.1, -0.05) is 172 Å². The van der Waals surface area contributed by atoms with E-state index in [0.717, 1.165) is 61.3 Å². The van der Waals surface area contributed by atoms with E-state index in [1.165, 1.54) is 44.5 Å². The van der Waals surface area contributed by atoms with Gasteiger partial charge in [-0.25, -0.2) is 0 Å². The predicted molar refractivity (Wildman–Crippen MR) is 248 cm³/mol. The van der Waals surface area contributed by atoms with Gasteiger partial charge in [-0.15, -0.1) is 0 Å². The van der Waals surface area contributed by atoms with Gasteiger partial charge in [0.25, 0.3) is 0 Å². The Morgan fingerprint density at radius 3 is 1.75 bits per heavy atom. The maximum Gasteiger partial charge on any atom is 0.136 e. The van der Waals surface area contributed by atoms with Crippen LogP contribution in [0, 0.1) is 0 Å². The van der Waals surface area contributed by atoms with Crippen LogP contribution in [-0.4, -0.2) is 0 Å². The summed E-state index contributed by atoms with van der Waals surface area (Å²) in [5, 5.41) is 2.23. The summed E-state index contributed by atoms with van der Waals surface area (Å²) in [6, 6.07) is 76.9. The Hall–Kier alpha value is -7.42. The number of hydrogen-bond donors (Lipinski definition) is 0. The number of furan rings is 1. The lowest BCUT2D eigenvalue weighted by Gasteiger charge is -2.30. The molecule has 0 atom stereocenters. The lowest BCUT2D eigenvalue weighted by Crippen LogP contribution is -2.17. The van der Waals surface area contributed by atoms with Crippen LogP contribution in [0.3, 0.4) is 0 Å². The molecule has 11 rings (SSSR count). The second-order valence-electron chi connectivity index (χ2n) is 16.1. The van der Waals surface area contributed by atoms with Gasteiger partial charge in [0, 0.05) is 38.7 Å². The fraction of sp³-hybridized carbons (Fsp3) is 0.0526. The third kappa shape index (κ3) is 5.79. The molecule has 1 aliphatic rings. The number of para-hydroxylation sites is 2. The first-order chi connectivity index (χ1) is 29.0. The molecule has 9 aromatic carbocycles.